The average Bonchev–Trinajstić information content (AvgIpc) is 2.34. The van der Waals surface area contributed by atoms with E-state index in [4.69, 9.17) is 4.74 Å². The van der Waals surface area contributed by atoms with Crippen LogP contribution in [0.2, 0.25) is 0 Å². The zero-order chi connectivity index (χ0) is 11.9. The summed E-state index contributed by atoms with van der Waals surface area (Å²) in [6.07, 6.45) is 5.01. The zero-order valence-electron chi connectivity index (χ0n) is 10.4. The lowest BCUT2D eigenvalue weighted by Gasteiger charge is -2.44. The Bertz CT molecular complexity index is 405. The molecule has 1 spiro atoms. The van der Waals surface area contributed by atoms with E-state index in [1.807, 2.05) is 24.3 Å². The van der Waals surface area contributed by atoms with Crippen molar-refractivity contribution in [3.63, 3.8) is 0 Å². The average molecular weight is 232 g/mol. The minimum Gasteiger partial charge on any atom is -0.487 e. The van der Waals surface area contributed by atoms with E-state index in [1.165, 1.54) is 12.8 Å². The molecule has 1 fully saturated rings. The highest BCUT2D eigenvalue weighted by Gasteiger charge is 2.42. The molecule has 0 saturated heterocycles. The smallest absolute Gasteiger partial charge is 0.125 e. The van der Waals surface area contributed by atoms with Gasteiger partial charge in [0.2, 0.25) is 0 Å². The number of hydrogen-bond acceptors (Lipinski definition) is 2. The van der Waals surface area contributed by atoms with Gasteiger partial charge >= 0.3 is 0 Å². The Kier molecular flexibility index (Phi) is 2.62. The molecule has 17 heavy (non-hydrogen) atoms. The van der Waals surface area contributed by atoms with Gasteiger partial charge in [-0.15, -0.1) is 0 Å². The van der Waals surface area contributed by atoms with E-state index >= 15 is 0 Å². The van der Waals surface area contributed by atoms with Crippen molar-refractivity contribution in [2.45, 2.75) is 50.7 Å². The molecule has 2 heteroatoms. The molecule has 0 unspecified atom stereocenters. The SMILES string of the molecule is CC1CCC2(CC1)C[C@@H](O)c1ccccc1O2. The van der Waals surface area contributed by atoms with Gasteiger partial charge in [-0.05, 0) is 37.7 Å². The molecule has 2 nitrogen and oxygen atoms in total. The Morgan fingerprint density at radius 1 is 1.24 bits per heavy atom. The van der Waals surface area contributed by atoms with Crippen molar-refractivity contribution in [3.05, 3.63) is 29.8 Å². The first-order valence-electron chi connectivity index (χ1n) is 6.65. The van der Waals surface area contributed by atoms with Crippen LogP contribution in [-0.4, -0.2) is 10.7 Å². The van der Waals surface area contributed by atoms with Crippen LogP contribution in [0.4, 0.5) is 0 Å². The van der Waals surface area contributed by atoms with E-state index in [1.54, 1.807) is 0 Å². The van der Waals surface area contributed by atoms with Gasteiger partial charge in [0.05, 0.1) is 6.10 Å². The number of hydrogen-bond donors (Lipinski definition) is 1. The molecule has 1 aromatic rings. The van der Waals surface area contributed by atoms with Crippen molar-refractivity contribution in [2.24, 2.45) is 5.92 Å². The summed E-state index contributed by atoms with van der Waals surface area (Å²) in [5, 5.41) is 10.3. The highest BCUT2D eigenvalue weighted by molar-refractivity contribution is 5.38. The standard InChI is InChI=1S/C15H20O2/c1-11-6-8-15(9-7-11)10-13(16)12-4-2-3-5-14(12)17-15/h2-5,11,13,16H,6-10H2,1H3/t11?,13-,15?/m1/s1. The molecule has 3 rings (SSSR count). The van der Waals surface area contributed by atoms with Gasteiger partial charge in [0.1, 0.15) is 11.4 Å². The van der Waals surface area contributed by atoms with Crippen LogP contribution in [-0.2, 0) is 0 Å². The van der Waals surface area contributed by atoms with Gasteiger partial charge in [0.25, 0.3) is 0 Å². The highest BCUT2D eigenvalue weighted by Crippen LogP contribution is 2.46. The van der Waals surface area contributed by atoms with Crippen molar-refractivity contribution in [3.8, 4) is 5.75 Å². The Hall–Kier alpha value is -1.02. The summed E-state index contributed by atoms with van der Waals surface area (Å²) in [6.45, 7) is 2.31. The number of aliphatic hydroxyl groups excluding tert-OH is 1. The van der Waals surface area contributed by atoms with E-state index in [9.17, 15) is 5.11 Å². The second-order valence-corrected chi connectivity index (χ2v) is 5.73. The van der Waals surface area contributed by atoms with E-state index in [0.29, 0.717) is 0 Å². The molecule has 0 aromatic heterocycles. The third kappa shape index (κ3) is 1.95. The van der Waals surface area contributed by atoms with Crippen LogP contribution in [0.15, 0.2) is 24.3 Å². The monoisotopic (exact) mass is 232 g/mol. The van der Waals surface area contributed by atoms with Crippen molar-refractivity contribution < 1.29 is 9.84 Å². The van der Waals surface area contributed by atoms with Crippen molar-refractivity contribution in [1.29, 1.82) is 0 Å². The maximum Gasteiger partial charge on any atom is 0.125 e. The summed E-state index contributed by atoms with van der Waals surface area (Å²) in [4.78, 5) is 0. The normalized spacial score (nSPS) is 36.4. The van der Waals surface area contributed by atoms with Crippen LogP contribution in [0.5, 0.6) is 5.75 Å². The summed E-state index contributed by atoms with van der Waals surface area (Å²) >= 11 is 0. The third-order valence-electron chi connectivity index (χ3n) is 4.36. The molecule has 1 heterocycles. The van der Waals surface area contributed by atoms with Gasteiger partial charge in [-0.2, -0.15) is 0 Å². The lowest BCUT2D eigenvalue weighted by Crippen LogP contribution is -2.43. The van der Waals surface area contributed by atoms with Crippen molar-refractivity contribution in [2.75, 3.05) is 0 Å². The first-order chi connectivity index (χ1) is 8.19. The molecule has 1 atom stereocenters. The Morgan fingerprint density at radius 3 is 2.71 bits per heavy atom. The zero-order valence-corrected chi connectivity index (χ0v) is 10.4. The maximum atomic E-state index is 10.3. The van der Waals surface area contributed by atoms with Gasteiger partial charge in [-0.25, -0.2) is 0 Å². The number of aliphatic hydroxyl groups is 1. The molecule has 1 N–H and O–H groups in total. The van der Waals surface area contributed by atoms with E-state index < -0.39 is 0 Å². The minimum atomic E-state index is -0.353. The summed E-state index contributed by atoms with van der Waals surface area (Å²) in [5.41, 5.74) is 0.858. The second-order valence-electron chi connectivity index (χ2n) is 5.73. The molecule has 1 aromatic carbocycles. The molecule has 0 radical (unpaired) electrons. The van der Waals surface area contributed by atoms with Gasteiger partial charge in [-0.3, -0.25) is 0 Å². The lowest BCUT2D eigenvalue weighted by molar-refractivity contribution is -0.0454. The van der Waals surface area contributed by atoms with E-state index in [-0.39, 0.29) is 11.7 Å². The molecule has 1 aliphatic carbocycles. The summed E-state index contributed by atoms with van der Waals surface area (Å²) in [6, 6.07) is 7.90. The van der Waals surface area contributed by atoms with Crippen molar-refractivity contribution >= 4 is 0 Å². The molecular formula is C15H20O2. The van der Waals surface area contributed by atoms with E-state index in [2.05, 4.69) is 6.92 Å². The fourth-order valence-corrected chi connectivity index (χ4v) is 3.18. The molecular weight excluding hydrogens is 212 g/mol. The van der Waals surface area contributed by atoms with Crippen molar-refractivity contribution in [1.82, 2.24) is 0 Å². The molecule has 0 bridgehead atoms. The van der Waals surface area contributed by atoms with Crippen LogP contribution in [0.3, 0.4) is 0 Å². The first kappa shape index (κ1) is 11.1. The Labute approximate surface area is 103 Å². The molecule has 92 valence electrons. The van der Waals surface area contributed by atoms with Crippen LogP contribution < -0.4 is 4.74 Å². The summed E-state index contributed by atoms with van der Waals surface area (Å²) < 4.78 is 6.22. The topological polar surface area (TPSA) is 29.5 Å². The van der Waals surface area contributed by atoms with Gasteiger partial charge in [0, 0.05) is 12.0 Å². The van der Waals surface area contributed by atoms with Crippen LogP contribution in [0.25, 0.3) is 0 Å². The number of ether oxygens (including phenoxy) is 1. The van der Waals surface area contributed by atoms with Crippen LogP contribution in [0, 0.1) is 5.92 Å². The van der Waals surface area contributed by atoms with Gasteiger partial charge in [0.15, 0.2) is 0 Å². The quantitative estimate of drug-likeness (QED) is 0.742. The second kappa shape index (κ2) is 4.02. The largest absolute Gasteiger partial charge is 0.487 e. The number of benzene rings is 1. The fraction of sp³-hybridized carbons (Fsp3) is 0.600. The predicted molar refractivity (Wildman–Crippen MR) is 67.0 cm³/mol. The third-order valence-corrected chi connectivity index (χ3v) is 4.36. The van der Waals surface area contributed by atoms with Gasteiger partial charge in [-0.1, -0.05) is 25.1 Å². The van der Waals surface area contributed by atoms with Crippen LogP contribution >= 0.6 is 0 Å². The van der Waals surface area contributed by atoms with Gasteiger partial charge < -0.3 is 9.84 Å². The predicted octanol–water partition coefficient (Wildman–Crippen LogP) is 3.45. The molecule has 2 aliphatic rings. The fourth-order valence-electron chi connectivity index (χ4n) is 3.18. The summed E-state index contributed by atoms with van der Waals surface area (Å²) in [5.74, 6) is 1.69. The Balaban J connectivity index is 1.88. The van der Waals surface area contributed by atoms with Crippen LogP contribution in [0.1, 0.15) is 50.7 Å². The molecule has 0 amide bonds. The minimum absolute atomic E-state index is 0.0969. The molecule has 1 aliphatic heterocycles. The summed E-state index contributed by atoms with van der Waals surface area (Å²) in [7, 11) is 0. The Morgan fingerprint density at radius 2 is 1.94 bits per heavy atom. The highest BCUT2D eigenvalue weighted by atomic mass is 16.5. The number of para-hydroxylation sites is 1. The van der Waals surface area contributed by atoms with E-state index in [0.717, 1.165) is 36.5 Å². The lowest BCUT2D eigenvalue weighted by atomic mass is 9.74. The number of rotatable bonds is 0. The first-order valence-corrected chi connectivity index (χ1v) is 6.65. The molecule has 1 saturated carbocycles. The number of fused-ring (bicyclic) bond motifs is 1. The maximum absolute atomic E-state index is 10.3.